The highest BCUT2D eigenvalue weighted by Crippen LogP contribution is 2.40. The van der Waals surface area contributed by atoms with E-state index in [0.29, 0.717) is 11.5 Å². The Kier molecular flexibility index (Phi) is 3.25. The first-order chi connectivity index (χ1) is 10.8. The third-order valence-corrected chi connectivity index (χ3v) is 4.60. The van der Waals surface area contributed by atoms with E-state index in [4.69, 9.17) is 4.74 Å². The zero-order valence-corrected chi connectivity index (χ0v) is 12.1. The third kappa shape index (κ3) is 2.22. The molecule has 2 fully saturated rings. The largest absolute Gasteiger partial charge is 0.486 e. The van der Waals surface area contributed by atoms with Crippen LogP contribution in [0.5, 0.6) is 5.75 Å². The van der Waals surface area contributed by atoms with Gasteiger partial charge in [-0.2, -0.15) is 0 Å². The zero-order valence-electron chi connectivity index (χ0n) is 12.1. The van der Waals surface area contributed by atoms with Gasteiger partial charge in [0.05, 0.1) is 12.2 Å². The maximum absolute atomic E-state index is 12.7. The normalized spacial score (nSPS) is 26.2. The van der Waals surface area contributed by atoms with Crippen LogP contribution >= 0.6 is 0 Å². The van der Waals surface area contributed by atoms with E-state index < -0.39 is 0 Å². The summed E-state index contributed by atoms with van der Waals surface area (Å²) in [4.78, 5) is 22.7. The van der Waals surface area contributed by atoms with Crippen molar-refractivity contribution in [2.24, 2.45) is 5.92 Å². The smallest absolute Gasteiger partial charge is 0.254 e. The summed E-state index contributed by atoms with van der Waals surface area (Å²) in [5, 5.41) is 0. The summed E-state index contributed by atoms with van der Waals surface area (Å²) in [5.74, 6) is 1.27. The molecule has 2 aromatic rings. The highest BCUT2D eigenvalue weighted by Gasteiger charge is 2.50. The third-order valence-electron chi connectivity index (χ3n) is 4.60. The average molecular weight is 295 g/mol. The second-order valence-electron chi connectivity index (χ2n) is 5.87. The van der Waals surface area contributed by atoms with Crippen molar-refractivity contribution in [1.29, 1.82) is 0 Å². The van der Waals surface area contributed by atoms with Gasteiger partial charge in [-0.3, -0.25) is 14.8 Å². The standard InChI is InChI=1S/C17H17N3O2/c21-17(12-5-8-18-9-6-12)20-11-13-3-4-15(20)16(13)22-14-2-1-7-19-10-14/h1-2,5-10,13,15-16H,3-4,11H2/t13-,15+,16+/m1/s1. The van der Waals surface area contributed by atoms with Crippen molar-refractivity contribution >= 4 is 5.91 Å². The van der Waals surface area contributed by atoms with Crippen LogP contribution in [0.3, 0.4) is 0 Å². The number of pyridine rings is 2. The molecule has 22 heavy (non-hydrogen) atoms. The maximum Gasteiger partial charge on any atom is 0.254 e. The molecule has 4 rings (SSSR count). The summed E-state index contributed by atoms with van der Waals surface area (Å²) in [5.41, 5.74) is 0.697. The van der Waals surface area contributed by atoms with Gasteiger partial charge in [0.2, 0.25) is 0 Å². The Morgan fingerprint density at radius 1 is 1.14 bits per heavy atom. The van der Waals surface area contributed by atoms with Crippen molar-refractivity contribution in [1.82, 2.24) is 14.9 Å². The van der Waals surface area contributed by atoms with E-state index >= 15 is 0 Å². The van der Waals surface area contributed by atoms with Gasteiger partial charge >= 0.3 is 0 Å². The van der Waals surface area contributed by atoms with E-state index in [9.17, 15) is 4.79 Å². The molecular weight excluding hydrogens is 278 g/mol. The molecule has 0 spiro atoms. The lowest BCUT2D eigenvalue weighted by atomic mass is 10.1. The van der Waals surface area contributed by atoms with Crippen molar-refractivity contribution < 1.29 is 9.53 Å². The number of rotatable bonds is 3. The maximum atomic E-state index is 12.7. The van der Waals surface area contributed by atoms with Crippen molar-refractivity contribution in [3.63, 3.8) is 0 Å². The number of carbonyl (C=O) groups excluding carboxylic acids is 1. The van der Waals surface area contributed by atoms with Crippen molar-refractivity contribution in [3.8, 4) is 5.75 Å². The Bertz CT molecular complexity index is 662. The van der Waals surface area contributed by atoms with Crippen LogP contribution in [-0.2, 0) is 0 Å². The van der Waals surface area contributed by atoms with E-state index in [-0.39, 0.29) is 18.1 Å². The van der Waals surface area contributed by atoms with E-state index in [2.05, 4.69) is 9.97 Å². The predicted octanol–water partition coefficient (Wildman–Crippen LogP) is 2.16. The summed E-state index contributed by atoms with van der Waals surface area (Å²) < 4.78 is 6.11. The molecule has 5 heteroatoms. The minimum atomic E-state index is 0.0781. The first-order valence-electron chi connectivity index (χ1n) is 7.60. The molecule has 0 N–H and O–H groups in total. The molecular formula is C17H17N3O2. The SMILES string of the molecule is O=C(c1ccncc1)N1C[C@H]2CC[C@H]1[C@H]2Oc1cccnc1. The molecule has 2 aliphatic rings. The van der Waals surface area contributed by atoms with E-state index in [1.165, 1.54) is 0 Å². The first-order valence-corrected chi connectivity index (χ1v) is 7.60. The molecule has 0 radical (unpaired) electrons. The minimum absolute atomic E-state index is 0.0781. The van der Waals surface area contributed by atoms with Gasteiger partial charge in [-0.25, -0.2) is 0 Å². The van der Waals surface area contributed by atoms with Gasteiger partial charge in [-0.15, -0.1) is 0 Å². The minimum Gasteiger partial charge on any atom is -0.486 e. The molecule has 2 aromatic heterocycles. The Balaban J connectivity index is 1.52. The fourth-order valence-electron chi connectivity index (χ4n) is 3.59. The lowest BCUT2D eigenvalue weighted by Crippen LogP contribution is -2.40. The summed E-state index contributed by atoms with van der Waals surface area (Å²) >= 11 is 0. The van der Waals surface area contributed by atoms with Gasteiger partial charge < -0.3 is 9.64 Å². The van der Waals surface area contributed by atoms with Crippen molar-refractivity contribution in [2.75, 3.05) is 6.54 Å². The number of likely N-dealkylation sites (tertiary alicyclic amines) is 1. The molecule has 0 unspecified atom stereocenters. The van der Waals surface area contributed by atoms with E-state index in [1.54, 1.807) is 36.9 Å². The van der Waals surface area contributed by atoms with Crippen LogP contribution in [-0.4, -0.2) is 39.5 Å². The number of carbonyl (C=O) groups is 1. The van der Waals surface area contributed by atoms with Gasteiger partial charge in [0.1, 0.15) is 11.9 Å². The van der Waals surface area contributed by atoms with Gasteiger partial charge in [-0.05, 0) is 37.1 Å². The van der Waals surface area contributed by atoms with Gasteiger partial charge in [0.25, 0.3) is 5.91 Å². The summed E-state index contributed by atoms with van der Waals surface area (Å²) in [7, 11) is 0. The monoisotopic (exact) mass is 295 g/mol. The number of hydrogen-bond acceptors (Lipinski definition) is 4. The van der Waals surface area contributed by atoms with E-state index in [1.807, 2.05) is 17.0 Å². The molecule has 2 bridgehead atoms. The first kappa shape index (κ1) is 13.2. The van der Waals surface area contributed by atoms with Gasteiger partial charge in [0.15, 0.2) is 0 Å². The molecule has 5 nitrogen and oxygen atoms in total. The number of aromatic nitrogens is 2. The molecule has 112 valence electrons. The topological polar surface area (TPSA) is 55.3 Å². The highest BCUT2D eigenvalue weighted by atomic mass is 16.5. The van der Waals surface area contributed by atoms with Gasteiger partial charge in [-0.1, -0.05) is 0 Å². The summed E-state index contributed by atoms with van der Waals surface area (Å²) in [6.45, 7) is 0.775. The van der Waals surface area contributed by atoms with Crippen molar-refractivity contribution in [3.05, 3.63) is 54.6 Å². The predicted molar refractivity (Wildman–Crippen MR) is 80.4 cm³/mol. The second kappa shape index (κ2) is 5.40. The molecule has 0 aromatic carbocycles. The average Bonchev–Trinajstić information content (AvgIpc) is 3.13. The Labute approximate surface area is 129 Å². The number of amides is 1. The summed E-state index contributed by atoms with van der Waals surface area (Å²) in [6, 6.07) is 7.48. The van der Waals surface area contributed by atoms with Crippen LogP contribution in [0.2, 0.25) is 0 Å². The fraction of sp³-hybridized carbons (Fsp3) is 0.353. The molecule has 1 aliphatic carbocycles. The van der Waals surface area contributed by atoms with Crippen LogP contribution < -0.4 is 4.74 Å². The van der Waals surface area contributed by atoms with E-state index in [0.717, 1.165) is 25.1 Å². The Morgan fingerprint density at radius 3 is 2.77 bits per heavy atom. The molecule has 3 atom stereocenters. The Hall–Kier alpha value is -2.43. The molecule has 1 amide bonds. The number of nitrogens with zero attached hydrogens (tertiary/aromatic N) is 3. The lowest BCUT2D eigenvalue weighted by Gasteiger charge is -2.27. The zero-order chi connectivity index (χ0) is 14.9. The molecule has 1 saturated heterocycles. The number of fused-ring (bicyclic) bond motifs is 2. The number of ether oxygens (including phenoxy) is 1. The van der Waals surface area contributed by atoms with Crippen LogP contribution in [0.4, 0.5) is 0 Å². The number of hydrogen-bond donors (Lipinski definition) is 0. The number of piperidine rings is 1. The fourth-order valence-corrected chi connectivity index (χ4v) is 3.59. The highest BCUT2D eigenvalue weighted by molar-refractivity contribution is 5.94. The van der Waals surface area contributed by atoms with Crippen LogP contribution in [0.1, 0.15) is 23.2 Å². The van der Waals surface area contributed by atoms with Crippen LogP contribution in [0.15, 0.2) is 49.1 Å². The lowest BCUT2D eigenvalue weighted by molar-refractivity contribution is 0.0666. The molecule has 3 heterocycles. The van der Waals surface area contributed by atoms with Crippen LogP contribution in [0, 0.1) is 5.92 Å². The quantitative estimate of drug-likeness (QED) is 0.870. The Morgan fingerprint density at radius 2 is 2.00 bits per heavy atom. The second-order valence-corrected chi connectivity index (χ2v) is 5.87. The van der Waals surface area contributed by atoms with Crippen LogP contribution in [0.25, 0.3) is 0 Å². The molecule has 1 aliphatic heterocycles. The van der Waals surface area contributed by atoms with Crippen molar-refractivity contribution in [2.45, 2.75) is 25.0 Å². The summed E-state index contributed by atoms with van der Waals surface area (Å²) in [6.07, 6.45) is 8.98. The van der Waals surface area contributed by atoms with Gasteiger partial charge in [0, 0.05) is 36.6 Å². The molecule has 1 saturated carbocycles.